The van der Waals surface area contributed by atoms with Crippen molar-refractivity contribution in [3.8, 4) is 0 Å². The summed E-state index contributed by atoms with van der Waals surface area (Å²) in [6.07, 6.45) is 4.05. The van der Waals surface area contributed by atoms with Gasteiger partial charge in [0.1, 0.15) is 18.1 Å². The molecule has 16 heteroatoms. The lowest BCUT2D eigenvalue weighted by Gasteiger charge is -2.33. The van der Waals surface area contributed by atoms with E-state index < -0.39 is 78.5 Å². The highest BCUT2D eigenvalue weighted by Gasteiger charge is 2.35. The van der Waals surface area contributed by atoms with Crippen molar-refractivity contribution in [1.82, 2.24) is 20.4 Å². The summed E-state index contributed by atoms with van der Waals surface area (Å²) in [7, 11) is 2.79. The van der Waals surface area contributed by atoms with Gasteiger partial charge in [-0.2, -0.15) is 0 Å². The number of nitrogens with zero attached hydrogens (tertiary/aromatic N) is 2. The van der Waals surface area contributed by atoms with Crippen molar-refractivity contribution in [1.29, 1.82) is 0 Å². The Morgan fingerprint density at radius 1 is 0.966 bits per heavy atom. The normalized spacial score (nSPS) is 16.1. The molecule has 0 saturated heterocycles. The first-order chi connectivity index (χ1) is 27.6. The lowest BCUT2D eigenvalue weighted by molar-refractivity contribution is -0.154. The van der Waals surface area contributed by atoms with E-state index in [9.17, 15) is 39.0 Å². The van der Waals surface area contributed by atoms with Gasteiger partial charge in [-0.1, -0.05) is 76.9 Å². The Morgan fingerprint density at radius 2 is 1.58 bits per heavy atom. The van der Waals surface area contributed by atoms with Crippen molar-refractivity contribution in [3.63, 3.8) is 0 Å². The molecule has 0 aliphatic carbocycles. The number of likely N-dealkylation sites (N-methyl/N-ethyl adjacent to an activating group) is 2. The van der Waals surface area contributed by atoms with Gasteiger partial charge in [-0.25, -0.2) is 9.59 Å². The number of carboxylic acids is 1. The predicted molar refractivity (Wildman–Crippen MR) is 232 cm³/mol. The molecule has 1 aromatic rings. The molecule has 0 aliphatic heterocycles. The Morgan fingerprint density at radius 3 is 2.10 bits per heavy atom. The zero-order valence-electron chi connectivity index (χ0n) is 36.7. The van der Waals surface area contributed by atoms with Crippen molar-refractivity contribution in [2.45, 2.75) is 124 Å². The number of halogens is 1. The molecule has 59 heavy (non-hydrogen) atoms. The van der Waals surface area contributed by atoms with Gasteiger partial charge < -0.3 is 40.1 Å². The van der Waals surface area contributed by atoms with Crippen LogP contribution in [0, 0.1) is 17.8 Å². The molecule has 1 aromatic carbocycles. The molecule has 332 valence electrons. The summed E-state index contributed by atoms with van der Waals surface area (Å²) in [5.74, 6) is -4.82. The van der Waals surface area contributed by atoms with E-state index >= 15 is 0 Å². The molecule has 4 amide bonds. The molecule has 0 saturated carbocycles. The lowest BCUT2D eigenvalue weighted by Crippen LogP contribution is -2.56. The minimum absolute atomic E-state index is 0.0323. The third kappa shape index (κ3) is 17.7. The standard InChI is InChI=1S/C43H67ClN4O10S/c1-13-26(5)37(42(54)55)46-36(49)23-47(10)41(53)33(22-31-16-18-32(44)19-17-31)48(11)40(52)30(9)45-39(51)35(21-25(3)4)58-43(56)28(7)15-20-34(57-24-59-12)29(8)38(50)27(6)14-2/h14-19,25-26,29-30,33-35,37-38,50H,13,20-24H2,1-12H3,(H,45,51)(H,46,49)(H,54,55)/b27-14+,28-15+. The molecule has 0 aromatic heterocycles. The third-order valence-corrected chi connectivity index (χ3v) is 11.0. The summed E-state index contributed by atoms with van der Waals surface area (Å²) in [5.41, 5.74) is 1.72. The van der Waals surface area contributed by atoms with Crippen LogP contribution in [0.25, 0.3) is 0 Å². The molecule has 0 radical (unpaired) electrons. The minimum Gasteiger partial charge on any atom is -0.480 e. The highest BCUT2D eigenvalue weighted by Crippen LogP contribution is 2.23. The lowest BCUT2D eigenvalue weighted by atomic mass is 9.90. The maximum absolute atomic E-state index is 14.0. The van der Waals surface area contributed by atoms with Gasteiger partial charge in [-0.05, 0) is 81.9 Å². The topological polar surface area (TPSA) is 192 Å². The van der Waals surface area contributed by atoms with E-state index in [2.05, 4.69) is 10.6 Å². The predicted octanol–water partition coefficient (Wildman–Crippen LogP) is 5.25. The zero-order valence-corrected chi connectivity index (χ0v) is 38.3. The fourth-order valence-electron chi connectivity index (χ4n) is 6.12. The Bertz CT molecular complexity index is 1620. The van der Waals surface area contributed by atoms with Crippen molar-refractivity contribution in [3.05, 3.63) is 58.1 Å². The highest BCUT2D eigenvalue weighted by atomic mass is 35.5. The number of aliphatic hydroxyl groups excluding tert-OH is 1. The summed E-state index contributed by atoms with van der Waals surface area (Å²) < 4.78 is 11.7. The van der Waals surface area contributed by atoms with Gasteiger partial charge in [0, 0.05) is 37.0 Å². The number of amides is 4. The molecule has 8 atom stereocenters. The maximum Gasteiger partial charge on any atom is 0.334 e. The van der Waals surface area contributed by atoms with Gasteiger partial charge in [-0.15, -0.1) is 11.8 Å². The maximum atomic E-state index is 14.0. The molecular weight excluding hydrogens is 800 g/mol. The van der Waals surface area contributed by atoms with Crippen LogP contribution >= 0.6 is 23.4 Å². The molecule has 0 spiro atoms. The van der Waals surface area contributed by atoms with Gasteiger partial charge in [-0.3, -0.25) is 19.2 Å². The van der Waals surface area contributed by atoms with Gasteiger partial charge in [0.25, 0.3) is 5.91 Å². The Balaban J connectivity index is 3.25. The quantitative estimate of drug-likeness (QED) is 0.0435. The van der Waals surface area contributed by atoms with Crippen LogP contribution in [0.15, 0.2) is 47.6 Å². The van der Waals surface area contributed by atoms with Crippen LogP contribution in [0.3, 0.4) is 0 Å². The van der Waals surface area contributed by atoms with E-state index in [1.165, 1.54) is 37.7 Å². The molecule has 0 aliphatic rings. The number of aliphatic hydroxyl groups is 1. The minimum atomic E-state index is -1.24. The number of carbonyl (C=O) groups excluding carboxylic acids is 5. The van der Waals surface area contributed by atoms with Crippen molar-refractivity contribution in [2.24, 2.45) is 17.8 Å². The van der Waals surface area contributed by atoms with Crippen molar-refractivity contribution >= 4 is 58.9 Å². The van der Waals surface area contributed by atoms with E-state index in [0.29, 0.717) is 29.4 Å². The van der Waals surface area contributed by atoms with Crippen LogP contribution in [-0.4, -0.2) is 125 Å². The van der Waals surface area contributed by atoms with Crippen LogP contribution in [0.5, 0.6) is 0 Å². The average molecular weight is 868 g/mol. The number of allylic oxidation sites excluding steroid dienone is 1. The molecule has 8 unspecified atom stereocenters. The van der Waals surface area contributed by atoms with Gasteiger partial charge in [0.2, 0.25) is 17.7 Å². The largest absolute Gasteiger partial charge is 0.480 e. The van der Waals surface area contributed by atoms with E-state index in [4.69, 9.17) is 21.1 Å². The van der Waals surface area contributed by atoms with Crippen LogP contribution in [0.4, 0.5) is 0 Å². The van der Waals surface area contributed by atoms with Gasteiger partial charge in [0.15, 0.2) is 6.10 Å². The summed E-state index contributed by atoms with van der Waals surface area (Å²) in [5, 5.41) is 26.0. The monoisotopic (exact) mass is 866 g/mol. The molecule has 0 fully saturated rings. The molecule has 0 heterocycles. The van der Waals surface area contributed by atoms with Crippen LogP contribution in [0.2, 0.25) is 5.02 Å². The van der Waals surface area contributed by atoms with Crippen molar-refractivity contribution < 1.29 is 48.5 Å². The molecular formula is C43H67ClN4O10S. The van der Waals surface area contributed by atoms with E-state index in [1.807, 2.05) is 47.0 Å². The third-order valence-electron chi connectivity index (χ3n) is 10.3. The number of aliphatic carboxylic acids is 1. The number of thioether (sulfide) groups is 1. The van der Waals surface area contributed by atoms with Gasteiger partial charge >= 0.3 is 11.9 Å². The molecule has 0 bridgehead atoms. The molecule has 1 rings (SSSR count). The second kappa shape index (κ2) is 26.3. The van der Waals surface area contributed by atoms with Crippen LogP contribution in [0.1, 0.15) is 87.1 Å². The SMILES string of the molecule is C/C=C(\C)C(O)C(C)C(C/C=C(\C)C(=O)OC(CC(C)C)C(=O)NC(C)C(=O)N(C)C(Cc1ccc(Cl)cc1)C(=O)N(C)CC(=O)NC(C(=O)O)C(C)CC)OCSC. The smallest absolute Gasteiger partial charge is 0.334 e. The highest BCUT2D eigenvalue weighted by molar-refractivity contribution is 7.98. The fraction of sp³-hybridized carbons (Fsp3) is 0.628. The first-order valence-corrected chi connectivity index (χ1v) is 21.7. The van der Waals surface area contributed by atoms with E-state index in [-0.39, 0.29) is 36.2 Å². The number of hydrogen-bond donors (Lipinski definition) is 4. The summed E-state index contributed by atoms with van der Waals surface area (Å²) in [4.78, 5) is 81.9. The number of nitrogens with one attached hydrogen (secondary N) is 2. The fourth-order valence-corrected chi connectivity index (χ4v) is 6.56. The number of carbonyl (C=O) groups is 6. The molecule has 14 nitrogen and oxygen atoms in total. The first kappa shape index (κ1) is 53.1. The van der Waals surface area contributed by atoms with Crippen LogP contribution < -0.4 is 10.6 Å². The number of benzene rings is 1. The second-order valence-electron chi connectivity index (χ2n) is 15.6. The Hall–Kier alpha value is -3.92. The first-order valence-electron chi connectivity index (χ1n) is 20.0. The van der Waals surface area contributed by atoms with E-state index in [1.54, 1.807) is 51.1 Å². The van der Waals surface area contributed by atoms with Crippen molar-refractivity contribution in [2.75, 3.05) is 32.8 Å². The number of hydrogen-bond acceptors (Lipinski definition) is 10. The zero-order chi connectivity index (χ0) is 45.1. The van der Waals surface area contributed by atoms with Crippen LogP contribution in [-0.2, 0) is 44.7 Å². The number of rotatable bonds is 25. The molecule has 4 N–H and O–H groups in total. The number of ether oxygens (including phenoxy) is 2. The summed E-state index contributed by atoms with van der Waals surface area (Å²) in [6.45, 7) is 15.4. The second-order valence-corrected chi connectivity index (χ2v) is 16.8. The number of esters is 1. The van der Waals surface area contributed by atoms with E-state index in [0.717, 1.165) is 10.5 Å². The summed E-state index contributed by atoms with van der Waals surface area (Å²) >= 11 is 7.58. The number of carboxylic acid groups (broad SMARTS) is 1. The summed E-state index contributed by atoms with van der Waals surface area (Å²) in [6, 6.07) is 3.24. The Labute approximate surface area is 359 Å². The Kier molecular flexibility index (Phi) is 23.7. The van der Waals surface area contributed by atoms with Gasteiger partial charge in [0.05, 0.1) is 24.7 Å². The average Bonchev–Trinajstić information content (AvgIpc) is 3.19.